The third kappa shape index (κ3) is 1.35. The molecule has 4 rings (SSSR count). The smallest absolute Gasteiger partial charge is 0.130 e. The monoisotopic (exact) mass is 235 g/mol. The Hall–Kier alpha value is -2.22. The van der Waals surface area contributed by atoms with Crippen molar-refractivity contribution in [1.29, 1.82) is 0 Å². The lowest BCUT2D eigenvalue weighted by atomic mass is 10.0. The van der Waals surface area contributed by atoms with Crippen LogP contribution in [-0.4, -0.2) is 4.98 Å². The van der Waals surface area contributed by atoms with Crippen LogP contribution in [0.5, 0.6) is 5.75 Å². The molecule has 1 unspecified atom stereocenters. The summed E-state index contributed by atoms with van der Waals surface area (Å²) in [5, 5.41) is 1.26. The fourth-order valence-corrected chi connectivity index (χ4v) is 2.72. The van der Waals surface area contributed by atoms with Gasteiger partial charge in [-0.1, -0.05) is 36.4 Å². The Kier molecular flexibility index (Phi) is 1.97. The molecule has 1 aliphatic rings. The van der Waals surface area contributed by atoms with E-state index in [-0.39, 0.29) is 6.10 Å². The van der Waals surface area contributed by atoms with E-state index in [0.717, 1.165) is 12.2 Å². The first-order valence-corrected chi connectivity index (χ1v) is 6.22. The molecule has 0 aliphatic carbocycles. The second-order valence-electron chi connectivity index (χ2n) is 4.71. The van der Waals surface area contributed by atoms with E-state index in [1.165, 1.54) is 22.0 Å². The van der Waals surface area contributed by atoms with Crippen LogP contribution in [0, 0.1) is 0 Å². The number of aromatic amines is 1. The largest absolute Gasteiger partial charge is 0.485 e. The number of para-hydroxylation sites is 2. The molecule has 0 bridgehead atoms. The van der Waals surface area contributed by atoms with E-state index in [1.54, 1.807) is 0 Å². The van der Waals surface area contributed by atoms with Gasteiger partial charge in [0.05, 0.1) is 0 Å². The fourth-order valence-electron chi connectivity index (χ4n) is 2.72. The number of hydrogen-bond donors (Lipinski definition) is 1. The van der Waals surface area contributed by atoms with E-state index >= 15 is 0 Å². The molecule has 88 valence electrons. The van der Waals surface area contributed by atoms with Crippen LogP contribution in [0.25, 0.3) is 10.9 Å². The van der Waals surface area contributed by atoms with E-state index in [9.17, 15) is 0 Å². The average Bonchev–Trinajstić information content (AvgIpc) is 3.02. The molecular formula is C16H13NO. The lowest BCUT2D eigenvalue weighted by Crippen LogP contribution is -2.01. The Morgan fingerprint density at radius 2 is 1.83 bits per heavy atom. The molecule has 1 aliphatic heterocycles. The molecule has 0 amide bonds. The number of nitrogens with one attached hydrogen (secondary N) is 1. The predicted molar refractivity (Wildman–Crippen MR) is 71.8 cm³/mol. The Morgan fingerprint density at radius 1 is 1.00 bits per heavy atom. The van der Waals surface area contributed by atoms with Gasteiger partial charge in [0.25, 0.3) is 0 Å². The molecular weight excluding hydrogens is 222 g/mol. The van der Waals surface area contributed by atoms with E-state index in [1.807, 2.05) is 18.2 Å². The number of aromatic nitrogens is 1. The van der Waals surface area contributed by atoms with Gasteiger partial charge in [-0.25, -0.2) is 0 Å². The Balaban J connectivity index is 1.78. The van der Waals surface area contributed by atoms with Crippen molar-refractivity contribution in [1.82, 2.24) is 4.98 Å². The molecule has 0 spiro atoms. The van der Waals surface area contributed by atoms with Gasteiger partial charge in [0.15, 0.2) is 0 Å². The van der Waals surface area contributed by atoms with Crippen LogP contribution in [0.2, 0.25) is 0 Å². The summed E-state index contributed by atoms with van der Waals surface area (Å²) in [6.07, 6.45) is 3.16. The summed E-state index contributed by atoms with van der Waals surface area (Å²) in [7, 11) is 0. The summed E-state index contributed by atoms with van der Waals surface area (Å²) >= 11 is 0. The van der Waals surface area contributed by atoms with Crippen LogP contribution in [0.15, 0.2) is 54.7 Å². The number of fused-ring (bicyclic) bond motifs is 2. The number of benzene rings is 2. The maximum absolute atomic E-state index is 6.04. The SMILES string of the molecule is c1ccc2c(c1)CC(c1c[nH]c3ccccc13)O2. The Labute approximate surface area is 105 Å². The van der Waals surface area contributed by atoms with Gasteiger partial charge in [0.2, 0.25) is 0 Å². The zero-order valence-corrected chi connectivity index (χ0v) is 9.89. The highest BCUT2D eigenvalue weighted by Gasteiger charge is 2.25. The topological polar surface area (TPSA) is 25.0 Å². The van der Waals surface area contributed by atoms with Gasteiger partial charge >= 0.3 is 0 Å². The highest BCUT2D eigenvalue weighted by molar-refractivity contribution is 5.83. The quantitative estimate of drug-likeness (QED) is 0.681. The molecule has 1 aromatic heterocycles. The molecule has 0 saturated carbocycles. The van der Waals surface area contributed by atoms with Crippen LogP contribution in [0.1, 0.15) is 17.2 Å². The van der Waals surface area contributed by atoms with Crippen molar-refractivity contribution in [2.45, 2.75) is 12.5 Å². The van der Waals surface area contributed by atoms with Crippen molar-refractivity contribution in [3.05, 3.63) is 65.9 Å². The van der Waals surface area contributed by atoms with Crippen LogP contribution in [-0.2, 0) is 6.42 Å². The van der Waals surface area contributed by atoms with Gasteiger partial charge in [-0.15, -0.1) is 0 Å². The fraction of sp³-hybridized carbons (Fsp3) is 0.125. The molecule has 2 nitrogen and oxygen atoms in total. The minimum absolute atomic E-state index is 0.138. The summed E-state index contributed by atoms with van der Waals surface area (Å²) in [4.78, 5) is 3.31. The normalized spacial score (nSPS) is 17.7. The summed E-state index contributed by atoms with van der Waals surface area (Å²) in [5.41, 5.74) is 3.72. The molecule has 2 heteroatoms. The van der Waals surface area contributed by atoms with Crippen LogP contribution in [0.4, 0.5) is 0 Å². The highest BCUT2D eigenvalue weighted by Crippen LogP contribution is 2.38. The molecule has 1 atom stereocenters. The van der Waals surface area contributed by atoms with Gasteiger partial charge in [-0.3, -0.25) is 0 Å². The number of ether oxygens (including phenoxy) is 1. The number of hydrogen-bond acceptors (Lipinski definition) is 1. The Bertz CT molecular complexity index is 689. The molecule has 0 saturated heterocycles. The maximum Gasteiger partial charge on any atom is 0.130 e. The molecule has 2 heterocycles. The van der Waals surface area contributed by atoms with Gasteiger partial charge in [0, 0.05) is 29.1 Å². The lowest BCUT2D eigenvalue weighted by molar-refractivity contribution is 0.240. The summed E-state index contributed by atoms with van der Waals surface area (Å²) in [6, 6.07) is 16.6. The van der Waals surface area contributed by atoms with Gasteiger partial charge in [0.1, 0.15) is 11.9 Å². The van der Waals surface area contributed by atoms with Crippen molar-refractivity contribution >= 4 is 10.9 Å². The van der Waals surface area contributed by atoms with Crippen molar-refractivity contribution in [2.75, 3.05) is 0 Å². The lowest BCUT2D eigenvalue weighted by Gasteiger charge is -2.09. The van der Waals surface area contributed by atoms with Crippen molar-refractivity contribution in [2.24, 2.45) is 0 Å². The van der Waals surface area contributed by atoms with Gasteiger partial charge in [-0.05, 0) is 17.7 Å². The summed E-state index contributed by atoms with van der Waals surface area (Å²) in [6.45, 7) is 0. The summed E-state index contributed by atoms with van der Waals surface area (Å²) < 4.78 is 6.04. The van der Waals surface area contributed by atoms with Crippen molar-refractivity contribution < 1.29 is 4.74 Å². The van der Waals surface area contributed by atoms with Crippen LogP contribution < -0.4 is 4.74 Å². The van der Waals surface area contributed by atoms with Crippen molar-refractivity contribution in [3.63, 3.8) is 0 Å². The molecule has 3 aromatic rings. The zero-order valence-electron chi connectivity index (χ0n) is 9.89. The first-order valence-electron chi connectivity index (χ1n) is 6.22. The molecule has 0 radical (unpaired) electrons. The van der Waals surface area contributed by atoms with E-state index < -0.39 is 0 Å². The third-order valence-corrected chi connectivity index (χ3v) is 3.62. The maximum atomic E-state index is 6.04. The van der Waals surface area contributed by atoms with Gasteiger partial charge < -0.3 is 9.72 Å². The molecule has 2 aromatic carbocycles. The first kappa shape index (κ1) is 9.77. The van der Waals surface area contributed by atoms with E-state index in [4.69, 9.17) is 4.74 Å². The molecule has 0 fully saturated rings. The van der Waals surface area contributed by atoms with Gasteiger partial charge in [-0.2, -0.15) is 0 Å². The van der Waals surface area contributed by atoms with Crippen LogP contribution >= 0.6 is 0 Å². The first-order chi connectivity index (χ1) is 8.92. The summed E-state index contributed by atoms with van der Waals surface area (Å²) in [5.74, 6) is 1.02. The van der Waals surface area contributed by atoms with Crippen LogP contribution in [0.3, 0.4) is 0 Å². The molecule has 18 heavy (non-hydrogen) atoms. The standard InChI is InChI=1S/C16H13NO/c1-4-8-15-11(5-1)9-16(18-15)13-10-17-14-7-3-2-6-12(13)14/h1-8,10,16-17H,9H2. The Morgan fingerprint density at radius 3 is 2.78 bits per heavy atom. The highest BCUT2D eigenvalue weighted by atomic mass is 16.5. The van der Waals surface area contributed by atoms with E-state index in [0.29, 0.717) is 0 Å². The second kappa shape index (κ2) is 3.64. The van der Waals surface area contributed by atoms with Crippen molar-refractivity contribution in [3.8, 4) is 5.75 Å². The number of rotatable bonds is 1. The minimum atomic E-state index is 0.138. The third-order valence-electron chi connectivity index (χ3n) is 3.62. The molecule has 1 N–H and O–H groups in total. The predicted octanol–water partition coefficient (Wildman–Crippen LogP) is 3.84. The average molecular weight is 235 g/mol. The second-order valence-corrected chi connectivity index (χ2v) is 4.71. The number of H-pyrrole nitrogens is 1. The minimum Gasteiger partial charge on any atom is -0.485 e. The van der Waals surface area contributed by atoms with E-state index in [2.05, 4.69) is 41.5 Å². The zero-order chi connectivity index (χ0) is 11.9.